The van der Waals surface area contributed by atoms with Crippen LogP contribution in [0.4, 0.5) is 24.5 Å². The number of aromatic nitrogens is 6. The molecule has 2 aromatic carbocycles. The highest BCUT2D eigenvalue weighted by molar-refractivity contribution is 6.35. The molecule has 3 heterocycles. The van der Waals surface area contributed by atoms with Crippen molar-refractivity contribution in [1.82, 2.24) is 29.8 Å². The Kier molecular flexibility index (Phi) is 6.76. The summed E-state index contributed by atoms with van der Waals surface area (Å²) in [6.07, 6.45) is 0.0281. The molecule has 43 heavy (non-hydrogen) atoms. The number of nitriles is 1. The summed E-state index contributed by atoms with van der Waals surface area (Å²) < 4.78 is 44.5. The van der Waals surface area contributed by atoms with E-state index in [9.17, 15) is 18.4 Å². The molecule has 13 heteroatoms. The normalized spacial score (nSPS) is 15.4. The van der Waals surface area contributed by atoms with Crippen LogP contribution >= 0.6 is 11.6 Å². The molecule has 1 atom stereocenters. The minimum absolute atomic E-state index is 0.0472. The number of anilines is 2. The fourth-order valence-electron chi connectivity index (χ4n) is 5.28. The van der Waals surface area contributed by atoms with E-state index in [-0.39, 0.29) is 18.3 Å². The molecule has 0 aliphatic heterocycles. The van der Waals surface area contributed by atoms with Crippen molar-refractivity contribution < 1.29 is 13.2 Å². The summed E-state index contributed by atoms with van der Waals surface area (Å²) >= 11 is 6.73. The quantitative estimate of drug-likeness (QED) is 0.206. The first-order valence-corrected chi connectivity index (χ1v) is 14.1. The number of halogens is 4. The van der Waals surface area contributed by atoms with E-state index < -0.39 is 17.8 Å². The highest BCUT2D eigenvalue weighted by Gasteiger charge is 2.66. The van der Waals surface area contributed by atoms with Gasteiger partial charge in [-0.15, -0.1) is 5.10 Å². The first kappa shape index (κ1) is 28.7. The zero-order valence-electron chi connectivity index (χ0n) is 24.0. The second-order valence-corrected chi connectivity index (χ2v) is 12.6. The van der Waals surface area contributed by atoms with E-state index in [2.05, 4.69) is 57.9 Å². The molecule has 0 unspecified atom stereocenters. The Hall–Kier alpha value is -4.37. The lowest BCUT2D eigenvalue weighted by atomic mass is 9.96. The van der Waals surface area contributed by atoms with Gasteiger partial charge in [-0.1, -0.05) is 49.7 Å². The number of rotatable bonds is 7. The lowest BCUT2D eigenvalue weighted by molar-refractivity contribution is -0.182. The van der Waals surface area contributed by atoms with E-state index in [0.717, 1.165) is 21.1 Å². The second-order valence-electron chi connectivity index (χ2n) is 12.2. The van der Waals surface area contributed by atoms with E-state index in [1.807, 2.05) is 31.3 Å². The van der Waals surface area contributed by atoms with Gasteiger partial charge < -0.3 is 10.6 Å². The second kappa shape index (κ2) is 10.1. The predicted octanol–water partition coefficient (Wildman–Crippen LogP) is 6.95. The molecule has 0 spiro atoms. The number of hydrogen-bond donors (Lipinski definition) is 2. The van der Waals surface area contributed by atoms with Crippen LogP contribution in [0.15, 0.2) is 48.9 Å². The largest absolute Gasteiger partial charge is 0.413 e. The van der Waals surface area contributed by atoms with Crippen LogP contribution in [-0.4, -0.2) is 42.5 Å². The van der Waals surface area contributed by atoms with Crippen molar-refractivity contribution in [2.45, 2.75) is 51.4 Å². The van der Waals surface area contributed by atoms with E-state index in [1.54, 1.807) is 16.9 Å². The van der Waals surface area contributed by atoms with Crippen LogP contribution in [0.3, 0.4) is 0 Å². The third kappa shape index (κ3) is 5.12. The summed E-state index contributed by atoms with van der Waals surface area (Å²) in [5, 5.41) is 31.0. The molecule has 1 aliphatic carbocycles. The van der Waals surface area contributed by atoms with Gasteiger partial charge in [0, 0.05) is 36.2 Å². The average Bonchev–Trinajstić information content (AvgIpc) is 3.49. The van der Waals surface area contributed by atoms with Gasteiger partial charge in [-0.05, 0) is 42.0 Å². The van der Waals surface area contributed by atoms with Gasteiger partial charge in [-0.3, -0.25) is 9.67 Å². The maximum Gasteiger partial charge on any atom is 0.413 e. The van der Waals surface area contributed by atoms with Crippen molar-refractivity contribution in [3.8, 4) is 6.07 Å². The Balaban J connectivity index is 1.48. The first-order chi connectivity index (χ1) is 20.3. The third-order valence-corrected chi connectivity index (χ3v) is 8.07. The molecule has 1 fully saturated rings. The van der Waals surface area contributed by atoms with Crippen molar-refractivity contribution >= 4 is 44.8 Å². The number of pyridine rings is 1. The van der Waals surface area contributed by atoms with Crippen molar-refractivity contribution in [2.75, 3.05) is 17.2 Å². The van der Waals surface area contributed by atoms with Gasteiger partial charge in [0.2, 0.25) is 0 Å². The van der Waals surface area contributed by atoms with Crippen molar-refractivity contribution in [3.63, 3.8) is 0 Å². The number of benzene rings is 2. The molecule has 2 N–H and O–H groups in total. The summed E-state index contributed by atoms with van der Waals surface area (Å²) in [5.41, 5.74) is 1.83. The zero-order valence-corrected chi connectivity index (χ0v) is 24.7. The summed E-state index contributed by atoms with van der Waals surface area (Å²) in [6.45, 7) is 6.83. The summed E-state index contributed by atoms with van der Waals surface area (Å²) in [5.74, 6) is 0. The van der Waals surface area contributed by atoms with Gasteiger partial charge >= 0.3 is 6.18 Å². The molecule has 1 saturated carbocycles. The van der Waals surface area contributed by atoms with E-state index in [4.69, 9.17) is 11.6 Å². The highest BCUT2D eigenvalue weighted by Crippen LogP contribution is 2.55. The SMILES string of the molecule is Cn1ncc2c([C@H](Nc3cc(Cl)c4ncc(C#N)c(NCC(C)(C)C)c4c3)c3cn(C4(C(F)(F)F)CC4)nn3)cccc21. The van der Waals surface area contributed by atoms with Crippen molar-refractivity contribution in [2.24, 2.45) is 12.5 Å². The maximum absolute atomic E-state index is 13.9. The lowest BCUT2D eigenvalue weighted by Gasteiger charge is -2.23. The number of hydrogen-bond acceptors (Lipinski definition) is 7. The Labute approximate surface area is 250 Å². The van der Waals surface area contributed by atoms with Crippen LogP contribution in [0.25, 0.3) is 21.8 Å². The van der Waals surface area contributed by atoms with Crippen LogP contribution in [0.2, 0.25) is 5.02 Å². The van der Waals surface area contributed by atoms with Crippen LogP contribution in [0, 0.1) is 16.7 Å². The molecule has 0 bridgehead atoms. The highest BCUT2D eigenvalue weighted by atomic mass is 35.5. The van der Waals surface area contributed by atoms with E-state index in [1.165, 1.54) is 12.4 Å². The summed E-state index contributed by atoms with van der Waals surface area (Å²) in [4.78, 5) is 4.43. The van der Waals surface area contributed by atoms with Crippen molar-refractivity contribution in [3.05, 3.63) is 70.8 Å². The molecule has 3 aromatic heterocycles. The molecule has 6 rings (SSSR count). The zero-order chi connectivity index (χ0) is 30.7. The van der Waals surface area contributed by atoms with E-state index in [0.29, 0.717) is 45.1 Å². The van der Waals surface area contributed by atoms with E-state index >= 15 is 0 Å². The molecule has 0 saturated heterocycles. The first-order valence-electron chi connectivity index (χ1n) is 13.7. The standard InChI is InChI=1S/C30H29ClF3N9/c1-28(2,3)16-37-25-17(12-35)13-36-26-20(25)10-18(11-22(26)31)39-27(19-6-5-7-24-21(19)14-38-42(24)4)23-15-43(41-40-23)29(8-9-29)30(32,33)34/h5-7,10-11,13-15,27,39H,8-9,16H2,1-4H3,(H,36,37)/t27-/m0/s1. The Morgan fingerprint density at radius 3 is 2.58 bits per heavy atom. The number of fused-ring (bicyclic) bond motifs is 2. The van der Waals surface area contributed by atoms with Gasteiger partial charge in [0.25, 0.3) is 0 Å². The third-order valence-electron chi connectivity index (χ3n) is 7.78. The number of alkyl halides is 3. The molecule has 0 radical (unpaired) electrons. The van der Waals surface area contributed by atoms with Crippen LogP contribution in [-0.2, 0) is 12.6 Å². The van der Waals surface area contributed by atoms with Crippen LogP contribution in [0.1, 0.15) is 56.5 Å². The van der Waals surface area contributed by atoms with Crippen LogP contribution in [0.5, 0.6) is 0 Å². The molecule has 222 valence electrons. The smallest absolute Gasteiger partial charge is 0.383 e. The molecule has 1 aliphatic rings. The fourth-order valence-corrected chi connectivity index (χ4v) is 5.55. The molecular formula is C30H29ClF3N9. The molecule has 0 amide bonds. The molecule has 5 aromatic rings. The van der Waals surface area contributed by atoms with Gasteiger partial charge in [0.15, 0.2) is 5.54 Å². The number of aryl methyl sites for hydroxylation is 1. The molecular weight excluding hydrogens is 579 g/mol. The Bertz CT molecular complexity index is 1890. The average molecular weight is 608 g/mol. The maximum atomic E-state index is 13.9. The van der Waals surface area contributed by atoms with Crippen LogP contribution < -0.4 is 10.6 Å². The lowest BCUT2D eigenvalue weighted by Crippen LogP contribution is -2.35. The Morgan fingerprint density at radius 2 is 1.91 bits per heavy atom. The minimum atomic E-state index is -4.45. The van der Waals surface area contributed by atoms with Gasteiger partial charge in [0.05, 0.1) is 45.7 Å². The fraction of sp³-hybridized carbons (Fsp3) is 0.367. The monoisotopic (exact) mass is 607 g/mol. The topological polar surface area (TPSA) is 109 Å². The van der Waals surface area contributed by atoms with Gasteiger partial charge in [0.1, 0.15) is 11.8 Å². The molecule has 9 nitrogen and oxygen atoms in total. The predicted molar refractivity (Wildman–Crippen MR) is 159 cm³/mol. The minimum Gasteiger partial charge on any atom is -0.383 e. The number of nitrogens with one attached hydrogen (secondary N) is 2. The Morgan fingerprint density at radius 1 is 1.14 bits per heavy atom. The number of nitrogens with zero attached hydrogens (tertiary/aromatic N) is 7. The van der Waals surface area contributed by atoms with Gasteiger partial charge in [-0.2, -0.15) is 23.5 Å². The summed E-state index contributed by atoms with van der Waals surface area (Å²) in [7, 11) is 1.82. The summed E-state index contributed by atoms with van der Waals surface area (Å²) in [6, 6.07) is 10.7. The van der Waals surface area contributed by atoms with Crippen molar-refractivity contribution in [1.29, 1.82) is 5.26 Å². The van der Waals surface area contributed by atoms with Gasteiger partial charge in [-0.25, -0.2) is 4.68 Å².